The molecule has 1 rings (SSSR count). The van der Waals surface area contributed by atoms with Crippen LogP contribution in [0.25, 0.3) is 0 Å². The SMILES string of the molecule is CC(C)(C)OC(=O)COc1ccc(C#N)cc1. The van der Waals surface area contributed by atoms with E-state index in [1.165, 1.54) is 0 Å². The van der Waals surface area contributed by atoms with Gasteiger partial charge in [-0.05, 0) is 45.0 Å². The molecular formula is C13H15NO3. The van der Waals surface area contributed by atoms with E-state index in [0.717, 1.165) is 0 Å². The zero-order valence-electron chi connectivity index (χ0n) is 10.2. The minimum absolute atomic E-state index is 0.136. The van der Waals surface area contributed by atoms with Crippen LogP contribution >= 0.6 is 0 Å². The summed E-state index contributed by atoms with van der Waals surface area (Å²) in [6.45, 7) is 5.26. The van der Waals surface area contributed by atoms with Crippen molar-refractivity contribution in [2.75, 3.05) is 6.61 Å². The van der Waals surface area contributed by atoms with E-state index in [9.17, 15) is 4.79 Å². The third kappa shape index (κ3) is 5.03. The van der Waals surface area contributed by atoms with E-state index in [0.29, 0.717) is 11.3 Å². The highest BCUT2D eigenvalue weighted by Gasteiger charge is 2.16. The largest absolute Gasteiger partial charge is 0.482 e. The molecule has 0 heterocycles. The Morgan fingerprint density at radius 2 is 1.88 bits per heavy atom. The summed E-state index contributed by atoms with van der Waals surface area (Å²) in [5.41, 5.74) is 0.0418. The fourth-order valence-corrected chi connectivity index (χ4v) is 1.14. The maximum absolute atomic E-state index is 11.4. The van der Waals surface area contributed by atoms with Crippen LogP contribution in [0.1, 0.15) is 26.3 Å². The molecule has 1 aromatic rings. The van der Waals surface area contributed by atoms with Crippen molar-refractivity contribution in [3.8, 4) is 11.8 Å². The van der Waals surface area contributed by atoms with Crippen molar-refractivity contribution >= 4 is 5.97 Å². The number of nitrogens with zero attached hydrogens (tertiary/aromatic N) is 1. The van der Waals surface area contributed by atoms with E-state index < -0.39 is 11.6 Å². The van der Waals surface area contributed by atoms with Crippen molar-refractivity contribution in [1.82, 2.24) is 0 Å². The lowest BCUT2D eigenvalue weighted by atomic mass is 10.2. The molecule has 0 aliphatic carbocycles. The molecule has 0 fully saturated rings. The van der Waals surface area contributed by atoms with Gasteiger partial charge in [-0.3, -0.25) is 0 Å². The van der Waals surface area contributed by atoms with Gasteiger partial charge in [-0.1, -0.05) is 0 Å². The van der Waals surface area contributed by atoms with Crippen LogP contribution < -0.4 is 4.74 Å². The molecule has 1 aromatic carbocycles. The Kier molecular flexibility index (Phi) is 4.11. The standard InChI is InChI=1S/C13H15NO3/c1-13(2,3)17-12(15)9-16-11-6-4-10(8-14)5-7-11/h4-7H,9H2,1-3H3. The van der Waals surface area contributed by atoms with Gasteiger partial charge in [0.15, 0.2) is 6.61 Å². The summed E-state index contributed by atoms with van der Waals surface area (Å²) in [7, 11) is 0. The predicted octanol–water partition coefficient (Wildman–Crippen LogP) is 2.28. The summed E-state index contributed by atoms with van der Waals surface area (Å²) in [4.78, 5) is 11.4. The molecule has 90 valence electrons. The number of esters is 1. The van der Waals surface area contributed by atoms with Crippen molar-refractivity contribution < 1.29 is 14.3 Å². The molecule has 0 saturated heterocycles. The van der Waals surface area contributed by atoms with Gasteiger partial charge in [-0.25, -0.2) is 4.79 Å². The Bertz CT molecular complexity index is 423. The Morgan fingerprint density at radius 3 is 2.35 bits per heavy atom. The highest BCUT2D eigenvalue weighted by atomic mass is 16.6. The lowest BCUT2D eigenvalue weighted by molar-refractivity contribution is -0.157. The Morgan fingerprint density at radius 1 is 1.29 bits per heavy atom. The van der Waals surface area contributed by atoms with Crippen LogP contribution in [0.2, 0.25) is 0 Å². The monoisotopic (exact) mass is 233 g/mol. The lowest BCUT2D eigenvalue weighted by Gasteiger charge is -2.19. The van der Waals surface area contributed by atoms with Crippen LogP contribution in [-0.4, -0.2) is 18.2 Å². The smallest absolute Gasteiger partial charge is 0.344 e. The van der Waals surface area contributed by atoms with E-state index in [-0.39, 0.29) is 6.61 Å². The first-order valence-electron chi connectivity index (χ1n) is 5.25. The Labute approximate surface area is 101 Å². The molecule has 0 aliphatic heterocycles. The van der Waals surface area contributed by atoms with Gasteiger partial charge >= 0.3 is 5.97 Å². The first kappa shape index (κ1) is 13.0. The molecule has 0 saturated carbocycles. The number of hydrogen-bond donors (Lipinski definition) is 0. The number of rotatable bonds is 3. The average Bonchev–Trinajstić information content (AvgIpc) is 2.25. The van der Waals surface area contributed by atoms with Gasteiger partial charge in [0.05, 0.1) is 11.6 Å². The van der Waals surface area contributed by atoms with Gasteiger partial charge in [-0.15, -0.1) is 0 Å². The second-order valence-corrected chi connectivity index (χ2v) is 4.51. The van der Waals surface area contributed by atoms with E-state index in [2.05, 4.69) is 0 Å². The molecule has 0 N–H and O–H groups in total. The van der Waals surface area contributed by atoms with Crippen LogP contribution in [0.3, 0.4) is 0 Å². The van der Waals surface area contributed by atoms with Gasteiger partial charge in [0.25, 0.3) is 0 Å². The summed E-state index contributed by atoms with van der Waals surface area (Å²) < 4.78 is 10.3. The van der Waals surface area contributed by atoms with Gasteiger partial charge in [-0.2, -0.15) is 5.26 Å². The second kappa shape index (κ2) is 5.35. The van der Waals surface area contributed by atoms with Gasteiger partial charge in [0.2, 0.25) is 0 Å². The molecule has 4 heteroatoms. The summed E-state index contributed by atoms with van der Waals surface area (Å²) in [5.74, 6) is 0.122. The molecular weight excluding hydrogens is 218 g/mol. The third-order valence-corrected chi connectivity index (χ3v) is 1.76. The maximum Gasteiger partial charge on any atom is 0.344 e. The molecule has 0 atom stereocenters. The van der Waals surface area contributed by atoms with Gasteiger partial charge in [0, 0.05) is 0 Å². The zero-order chi connectivity index (χ0) is 12.9. The highest BCUT2D eigenvalue weighted by Crippen LogP contribution is 2.12. The molecule has 4 nitrogen and oxygen atoms in total. The topological polar surface area (TPSA) is 59.3 Å². The molecule has 0 radical (unpaired) electrons. The molecule has 17 heavy (non-hydrogen) atoms. The lowest BCUT2D eigenvalue weighted by Crippen LogP contribution is -2.27. The van der Waals surface area contributed by atoms with Crippen LogP contribution in [0.15, 0.2) is 24.3 Å². The van der Waals surface area contributed by atoms with Gasteiger partial charge < -0.3 is 9.47 Å². The number of carbonyl (C=O) groups excluding carboxylic acids is 1. The van der Waals surface area contributed by atoms with E-state index in [4.69, 9.17) is 14.7 Å². The highest BCUT2D eigenvalue weighted by molar-refractivity contribution is 5.71. The summed E-state index contributed by atoms with van der Waals surface area (Å²) in [6.07, 6.45) is 0. The number of hydrogen-bond acceptors (Lipinski definition) is 4. The van der Waals surface area contributed by atoms with Crippen molar-refractivity contribution in [3.63, 3.8) is 0 Å². The molecule has 0 aliphatic rings. The normalized spacial score (nSPS) is 10.5. The molecule has 0 bridgehead atoms. The first-order valence-corrected chi connectivity index (χ1v) is 5.25. The average molecular weight is 233 g/mol. The Hall–Kier alpha value is -2.02. The van der Waals surface area contributed by atoms with Crippen LogP contribution in [0.4, 0.5) is 0 Å². The molecule has 0 aromatic heterocycles. The minimum atomic E-state index is -0.509. The zero-order valence-corrected chi connectivity index (χ0v) is 10.2. The minimum Gasteiger partial charge on any atom is -0.482 e. The summed E-state index contributed by atoms with van der Waals surface area (Å²) in [6, 6.07) is 8.55. The maximum atomic E-state index is 11.4. The van der Waals surface area contributed by atoms with Crippen LogP contribution in [0, 0.1) is 11.3 Å². The van der Waals surface area contributed by atoms with Crippen molar-refractivity contribution in [2.45, 2.75) is 26.4 Å². The second-order valence-electron chi connectivity index (χ2n) is 4.51. The summed E-state index contributed by atoms with van der Waals surface area (Å²) in [5, 5.41) is 8.61. The van der Waals surface area contributed by atoms with Crippen LogP contribution in [0.5, 0.6) is 5.75 Å². The molecule has 0 spiro atoms. The third-order valence-electron chi connectivity index (χ3n) is 1.76. The number of carbonyl (C=O) groups is 1. The van der Waals surface area contributed by atoms with E-state index in [1.54, 1.807) is 45.0 Å². The van der Waals surface area contributed by atoms with Gasteiger partial charge in [0.1, 0.15) is 11.4 Å². The molecule has 0 amide bonds. The Balaban J connectivity index is 2.45. The fraction of sp³-hybridized carbons (Fsp3) is 0.385. The fourth-order valence-electron chi connectivity index (χ4n) is 1.14. The van der Waals surface area contributed by atoms with Crippen molar-refractivity contribution in [3.05, 3.63) is 29.8 Å². The predicted molar refractivity (Wildman–Crippen MR) is 62.5 cm³/mol. The number of ether oxygens (including phenoxy) is 2. The first-order chi connectivity index (χ1) is 7.90. The molecule has 0 unspecified atom stereocenters. The quantitative estimate of drug-likeness (QED) is 0.751. The number of benzene rings is 1. The van der Waals surface area contributed by atoms with Crippen LogP contribution in [-0.2, 0) is 9.53 Å². The van der Waals surface area contributed by atoms with E-state index >= 15 is 0 Å². The van der Waals surface area contributed by atoms with Crippen molar-refractivity contribution in [1.29, 1.82) is 5.26 Å². The number of nitriles is 1. The van der Waals surface area contributed by atoms with Crippen molar-refractivity contribution in [2.24, 2.45) is 0 Å². The summed E-state index contributed by atoms with van der Waals surface area (Å²) >= 11 is 0. The van der Waals surface area contributed by atoms with E-state index in [1.807, 2.05) is 6.07 Å².